The summed E-state index contributed by atoms with van der Waals surface area (Å²) in [6, 6.07) is 12.6. The molecule has 164 valence electrons. The minimum absolute atomic E-state index is 0.302. The molecule has 10 heteroatoms. The number of hydrogen-bond donors (Lipinski definition) is 0. The van der Waals surface area contributed by atoms with Crippen LogP contribution in [0, 0.1) is 0 Å². The Balaban J connectivity index is 1.30. The van der Waals surface area contributed by atoms with Gasteiger partial charge in [0.25, 0.3) is 0 Å². The van der Waals surface area contributed by atoms with Gasteiger partial charge in [-0.1, -0.05) is 29.3 Å². The maximum Gasteiger partial charge on any atom is 0.247 e. The van der Waals surface area contributed by atoms with E-state index in [0.717, 1.165) is 5.56 Å². The summed E-state index contributed by atoms with van der Waals surface area (Å²) in [5.41, 5.74) is 1.51. The Labute approximate surface area is 193 Å². The fourth-order valence-electron chi connectivity index (χ4n) is 3.56. The molecule has 0 spiro atoms. The van der Waals surface area contributed by atoms with Crippen LogP contribution in [0.3, 0.4) is 0 Å². The van der Waals surface area contributed by atoms with E-state index in [1.54, 1.807) is 24.7 Å². The van der Waals surface area contributed by atoms with E-state index in [1.165, 1.54) is 6.39 Å². The van der Waals surface area contributed by atoms with Crippen LogP contribution in [0.5, 0.6) is 5.75 Å². The smallest absolute Gasteiger partial charge is 0.247 e. The first kappa shape index (κ1) is 21.0. The quantitative estimate of drug-likeness (QED) is 0.388. The Bertz CT molecular complexity index is 1170. The Hall–Kier alpha value is -2.91. The molecule has 0 aliphatic carbocycles. The molecule has 1 aliphatic heterocycles. The molecule has 1 fully saturated rings. The van der Waals surface area contributed by atoms with E-state index in [1.807, 2.05) is 41.1 Å². The number of rotatable bonds is 7. The average molecular weight is 473 g/mol. The van der Waals surface area contributed by atoms with E-state index in [4.69, 9.17) is 41.8 Å². The Morgan fingerprint density at radius 2 is 2.03 bits per heavy atom. The molecule has 1 aliphatic rings. The van der Waals surface area contributed by atoms with Crippen molar-refractivity contribution in [1.29, 1.82) is 0 Å². The molecular weight excluding hydrogens is 455 g/mol. The highest BCUT2D eigenvalue weighted by atomic mass is 35.5. The highest BCUT2D eigenvalue weighted by Gasteiger charge is 2.45. The number of nitrogens with zero attached hydrogens (tertiary/aromatic N) is 4. The second-order valence-electron chi connectivity index (χ2n) is 7.24. The molecular formula is C22H18Cl2N4O4. The predicted molar refractivity (Wildman–Crippen MR) is 116 cm³/mol. The number of ether oxygens (including phenoxy) is 3. The molecule has 0 amide bonds. The maximum atomic E-state index is 6.50. The molecule has 4 aromatic rings. The van der Waals surface area contributed by atoms with E-state index in [9.17, 15) is 0 Å². The molecule has 0 radical (unpaired) electrons. The van der Waals surface area contributed by atoms with Crippen molar-refractivity contribution in [3.05, 3.63) is 83.2 Å². The normalized spacial score (nSPS) is 20.5. The van der Waals surface area contributed by atoms with E-state index in [2.05, 4.69) is 15.2 Å². The number of halogens is 2. The van der Waals surface area contributed by atoms with Crippen LogP contribution in [0.25, 0.3) is 11.5 Å². The molecule has 0 bridgehead atoms. The lowest BCUT2D eigenvalue weighted by molar-refractivity contribution is -0.189. The third-order valence-electron chi connectivity index (χ3n) is 5.05. The summed E-state index contributed by atoms with van der Waals surface area (Å²) in [6.07, 6.45) is 6.23. The van der Waals surface area contributed by atoms with E-state index < -0.39 is 5.79 Å². The molecule has 2 aromatic carbocycles. The van der Waals surface area contributed by atoms with Crippen LogP contribution < -0.4 is 4.74 Å². The fraction of sp³-hybridized carbons (Fsp3) is 0.227. The highest BCUT2D eigenvalue weighted by Crippen LogP contribution is 2.40. The first-order valence-electron chi connectivity index (χ1n) is 9.84. The molecule has 32 heavy (non-hydrogen) atoms. The monoisotopic (exact) mass is 472 g/mol. The lowest BCUT2D eigenvalue weighted by Gasteiger charge is -2.30. The zero-order chi connectivity index (χ0) is 22.0. The van der Waals surface area contributed by atoms with Crippen molar-refractivity contribution >= 4 is 23.2 Å². The number of imidazole rings is 1. The Morgan fingerprint density at radius 1 is 1.16 bits per heavy atom. The second kappa shape index (κ2) is 8.91. The molecule has 5 rings (SSSR count). The molecule has 0 N–H and O–H groups in total. The fourth-order valence-corrected chi connectivity index (χ4v) is 4.11. The minimum Gasteiger partial charge on any atom is -0.491 e. The zero-order valence-electron chi connectivity index (χ0n) is 16.7. The van der Waals surface area contributed by atoms with Crippen molar-refractivity contribution in [3.63, 3.8) is 0 Å². The van der Waals surface area contributed by atoms with Gasteiger partial charge in [0.05, 0.1) is 24.5 Å². The predicted octanol–water partition coefficient (Wildman–Crippen LogP) is 4.59. The van der Waals surface area contributed by atoms with Crippen molar-refractivity contribution in [2.75, 3.05) is 13.2 Å². The van der Waals surface area contributed by atoms with Gasteiger partial charge in [-0.05, 0) is 36.4 Å². The van der Waals surface area contributed by atoms with Gasteiger partial charge in [0, 0.05) is 28.5 Å². The molecule has 2 atom stereocenters. The number of hydrogen-bond acceptors (Lipinski definition) is 7. The van der Waals surface area contributed by atoms with Crippen molar-refractivity contribution < 1.29 is 18.6 Å². The summed E-state index contributed by atoms with van der Waals surface area (Å²) in [5, 5.41) is 8.59. The van der Waals surface area contributed by atoms with Crippen LogP contribution in [-0.2, 0) is 21.8 Å². The SMILES string of the molecule is Clc1ccc([C@]2(Cn3ccnc3)OC[C@H](COc3ccc(-c4nnco4)cc3)O2)c(Cl)c1. The summed E-state index contributed by atoms with van der Waals surface area (Å²) in [4.78, 5) is 4.10. The van der Waals surface area contributed by atoms with Crippen molar-refractivity contribution in [2.24, 2.45) is 0 Å². The Morgan fingerprint density at radius 3 is 2.75 bits per heavy atom. The van der Waals surface area contributed by atoms with Gasteiger partial charge in [0.1, 0.15) is 18.5 Å². The third-order valence-corrected chi connectivity index (χ3v) is 5.60. The van der Waals surface area contributed by atoms with Crippen LogP contribution >= 0.6 is 23.2 Å². The summed E-state index contributed by atoms with van der Waals surface area (Å²) < 4.78 is 25.6. The van der Waals surface area contributed by atoms with E-state index in [0.29, 0.717) is 47.0 Å². The molecule has 0 unspecified atom stereocenters. The summed E-state index contributed by atoms with van der Waals surface area (Å²) in [7, 11) is 0. The zero-order valence-corrected chi connectivity index (χ0v) is 18.2. The number of benzene rings is 2. The lowest BCUT2D eigenvalue weighted by atomic mass is 10.1. The summed E-state index contributed by atoms with van der Waals surface area (Å²) in [6.45, 7) is 1.02. The van der Waals surface area contributed by atoms with Gasteiger partial charge in [-0.25, -0.2) is 4.98 Å². The second-order valence-corrected chi connectivity index (χ2v) is 8.09. The van der Waals surface area contributed by atoms with Crippen molar-refractivity contribution in [2.45, 2.75) is 18.4 Å². The molecule has 3 heterocycles. The van der Waals surface area contributed by atoms with Gasteiger partial charge >= 0.3 is 0 Å². The van der Waals surface area contributed by atoms with Crippen LogP contribution in [-0.4, -0.2) is 39.1 Å². The Kier molecular flexibility index (Phi) is 5.84. The van der Waals surface area contributed by atoms with Crippen LogP contribution in [0.2, 0.25) is 10.0 Å². The number of aromatic nitrogens is 4. The lowest BCUT2D eigenvalue weighted by Crippen LogP contribution is -2.34. The third kappa shape index (κ3) is 4.35. The van der Waals surface area contributed by atoms with Gasteiger partial charge in [-0.2, -0.15) is 0 Å². The van der Waals surface area contributed by atoms with Crippen molar-refractivity contribution in [3.8, 4) is 17.2 Å². The van der Waals surface area contributed by atoms with Crippen LogP contribution in [0.4, 0.5) is 0 Å². The molecule has 2 aromatic heterocycles. The molecule has 8 nitrogen and oxygen atoms in total. The molecule has 0 saturated carbocycles. The maximum absolute atomic E-state index is 6.50. The highest BCUT2D eigenvalue weighted by molar-refractivity contribution is 6.35. The van der Waals surface area contributed by atoms with Gasteiger partial charge in [0.15, 0.2) is 0 Å². The van der Waals surface area contributed by atoms with Crippen LogP contribution in [0.1, 0.15) is 5.56 Å². The van der Waals surface area contributed by atoms with Gasteiger partial charge in [-0.3, -0.25) is 0 Å². The summed E-state index contributed by atoms with van der Waals surface area (Å²) in [5.74, 6) is 0.0554. The first-order valence-corrected chi connectivity index (χ1v) is 10.6. The minimum atomic E-state index is -1.09. The van der Waals surface area contributed by atoms with Gasteiger partial charge < -0.3 is 23.2 Å². The topological polar surface area (TPSA) is 84.4 Å². The van der Waals surface area contributed by atoms with Crippen LogP contribution in [0.15, 0.2) is 72.0 Å². The van der Waals surface area contributed by atoms with E-state index >= 15 is 0 Å². The largest absolute Gasteiger partial charge is 0.491 e. The summed E-state index contributed by atoms with van der Waals surface area (Å²) >= 11 is 12.6. The van der Waals surface area contributed by atoms with E-state index in [-0.39, 0.29) is 6.10 Å². The van der Waals surface area contributed by atoms with Crippen molar-refractivity contribution in [1.82, 2.24) is 19.7 Å². The van der Waals surface area contributed by atoms with Gasteiger partial charge in [0.2, 0.25) is 18.1 Å². The average Bonchev–Trinajstić information content (AvgIpc) is 3.56. The standard InChI is InChI=1S/C22H18Cl2N4O4/c23-16-3-6-19(20(24)9-16)22(12-28-8-7-25-13-28)31-11-18(32-22)10-29-17-4-1-15(2-5-17)21-27-26-14-30-21/h1-9,13-14,18H,10-12H2/t18-,22+/m0/s1. The van der Waals surface area contributed by atoms with Gasteiger partial charge in [-0.15, -0.1) is 10.2 Å². The first-order chi connectivity index (χ1) is 15.6. The molecule has 1 saturated heterocycles.